The van der Waals surface area contributed by atoms with Crippen LogP contribution in [0, 0.1) is 0 Å². The Hall–Kier alpha value is -2.54. The molecule has 0 aromatic heterocycles. The van der Waals surface area contributed by atoms with Crippen molar-refractivity contribution in [1.29, 1.82) is 0 Å². The molecule has 2 N–H and O–H groups in total. The largest absolute Gasteiger partial charge is 0.462 e. The van der Waals surface area contributed by atoms with Gasteiger partial charge in [0.25, 0.3) is 0 Å². The van der Waals surface area contributed by atoms with Crippen LogP contribution in [0.2, 0.25) is 0 Å². The third kappa shape index (κ3) is 8.00. The Morgan fingerprint density at radius 1 is 0.893 bits per heavy atom. The average Bonchev–Trinajstić information content (AvgIpc) is 2.68. The summed E-state index contributed by atoms with van der Waals surface area (Å²) in [5.41, 5.74) is 2.08. The molecule has 0 aliphatic carbocycles. The number of para-hydroxylation sites is 1. The monoisotopic (exact) mass is 404 g/mol. The first-order valence-electron chi connectivity index (χ1n) is 9.57. The predicted molar refractivity (Wildman–Crippen MR) is 113 cm³/mol. The van der Waals surface area contributed by atoms with Gasteiger partial charge < -0.3 is 10.1 Å². The highest BCUT2D eigenvalue weighted by Crippen LogP contribution is 2.12. The summed E-state index contributed by atoms with van der Waals surface area (Å²) in [5.74, 6) is -0.185. The van der Waals surface area contributed by atoms with Gasteiger partial charge >= 0.3 is 5.97 Å². The van der Waals surface area contributed by atoms with Gasteiger partial charge in [0.1, 0.15) is 0 Å². The molecule has 2 rings (SSSR count). The summed E-state index contributed by atoms with van der Waals surface area (Å²) < 4.78 is 31.6. The number of unbranched alkanes of at least 4 members (excludes halogenated alkanes) is 3. The Kier molecular flexibility index (Phi) is 8.81. The second kappa shape index (κ2) is 11.3. The van der Waals surface area contributed by atoms with Gasteiger partial charge in [-0.25, -0.2) is 13.2 Å². The molecule has 0 unspecified atom stereocenters. The summed E-state index contributed by atoms with van der Waals surface area (Å²) in [7, 11) is -3.29. The number of ether oxygens (including phenoxy) is 1. The van der Waals surface area contributed by atoms with E-state index in [0.29, 0.717) is 24.3 Å². The van der Waals surface area contributed by atoms with Crippen LogP contribution < -0.4 is 10.0 Å². The Labute approximate surface area is 167 Å². The maximum Gasteiger partial charge on any atom is 0.338 e. The lowest BCUT2D eigenvalue weighted by Crippen LogP contribution is -2.16. The molecule has 0 amide bonds. The molecule has 0 aliphatic rings. The number of anilines is 2. The highest BCUT2D eigenvalue weighted by molar-refractivity contribution is 7.92. The molecule has 28 heavy (non-hydrogen) atoms. The molecule has 152 valence electrons. The molecule has 0 radical (unpaired) electrons. The van der Waals surface area contributed by atoms with Crippen molar-refractivity contribution in [3.8, 4) is 0 Å². The van der Waals surface area contributed by atoms with Crippen LogP contribution in [-0.2, 0) is 14.8 Å². The molecule has 0 heterocycles. The second-order valence-electron chi connectivity index (χ2n) is 6.43. The maximum absolute atomic E-state index is 12.0. The molecule has 0 atom stereocenters. The molecule has 0 aliphatic heterocycles. The van der Waals surface area contributed by atoms with Crippen molar-refractivity contribution >= 4 is 27.4 Å². The molecular weight excluding hydrogens is 376 g/mol. The number of sulfonamides is 1. The van der Waals surface area contributed by atoms with Gasteiger partial charge in [-0.1, -0.05) is 31.0 Å². The average molecular weight is 405 g/mol. The Morgan fingerprint density at radius 2 is 1.57 bits per heavy atom. The molecule has 0 bridgehead atoms. The van der Waals surface area contributed by atoms with Crippen LogP contribution in [-0.4, -0.2) is 33.3 Å². The number of nitrogens with one attached hydrogen (secondary N) is 2. The van der Waals surface area contributed by atoms with Gasteiger partial charge in [-0.15, -0.1) is 0 Å². The first kappa shape index (κ1) is 21.8. The lowest BCUT2D eigenvalue weighted by molar-refractivity contribution is 0.0526. The summed E-state index contributed by atoms with van der Waals surface area (Å²) in [4.78, 5) is 11.6. The number of rotatable bonds is 12. The molecule has 6 nitrogen and oxygen atoms in total. The maximum atomic E-state index is 12.0. The van der Waals surface area contributed by atoms with Gasteiger partial charge in [-0.2, -0.15) is 0 Å². The molecule has 7 heteroatoms. The fourth-order valence-electron chi connectivity index (χ4n) is 2.68. The van der Waals surface area contributed by atoms with E-state index in [0.717, 1.165) is 31.5 Å². The summed E-state index contributed by atoms with van der Waals surface area (Å²) >= 11 is 0. The van der Waals surface area contributed by atoms with Crippen LogP contribution in [0.4, 0.5) is 11.4 Å². The third-order valence-electron chi connectivity index (χ3n) is 4.11. The van der Waals surface area contributed by atoms with E-state index in [1.54, 1.807) is 43.3 Å². The second-order valence-corrected chi connectivity index (χ2v) is 8.27. The number of esters is 1. The van der Waals surface area contributed by atoms with Crippen LogP contribution in [0.3, 0.4) is 0 Å². The number of benzene rings is 2. The number of carbonyl (C=O) groups is 1. The van der Waals surface area contributed by atoms with E-state index in [4.69, 9.17) is 4.74 Å². The van der Waals surface area contributed by atoms with Crippen molar-refractivity contribution in [2.45, 2.75) is 32.6 Å². The van der Waals surface area contributed by atoms with Crippen molar-refractivity contribution in [2.75, 3.05) is 28.9 Å². The lowest BCUT2D eigenvalue weighted by atomic mass is 10.2. The summed E-state index contributed by atoms with van der Waals surface area (Å²) in [6, 6.07) is 16.1. The molecular formula is C21H28N2O4S. The van der Waals surface area contributed by atoms with Crippen molar-refractivity contribution < 1.29 is 17.9 Å². The minimum absolute atomic E-state index is 0.130. The summed E-state index contributed by atoms with van der Waals surface area (Å²) in [6.45, 7) is 2.94. The van der Waals surface area contributed by atoms with Gasteiger partial charge in [0.2, 0.25) is 10.0 Å². The van der Waals surface area contributed by atoms with Gasteiger partial charge in [0.05, 0.1) is 17.9 Å². The number of hydrogen-bond acceptors (Lipinski definition) is 5. The molecule has 0 saturated carbocycles. The highest BCUT2D eigenvalue weighted by atomic mass is 32.2. The van der Waals surface area contributed by atoms with Gasteiger partial charge in [0.15, 0.2) is 0 Å². The predicted octanol–water partition coefficient (Wildman–Crippen LogP) is 4.28. The fraction of sp³-hybridized carbons (Fsp3) is 0.381. The normalized spacial score (nSPS) is 11.0. The molecule has 0 saturated heterocycles. The lowest BCUT2D eigenvalue weighted by Gasteiger charge is -2.09. The van der Waals surface area contributed by atoms with E-state index in [1.807, 2.05) is 18.2 Å². The van der Waals surface area contributed by atoms with E-state index in [-0.39, 0.29) is 11.7 Å². The molecule has 2 aromatic carbocycles. The summed E-state index contributed by atoms with van der Waals surface area (Å²) in [6.07, 6.45) is 3.40. The zero-order valence-electron chi connectivity index (χ0n) is 16.2. The third-order valence-corrected chi connectivity index (χ3v) is 5.48. The standard InChI is InChI=1S/C21H28N2O4S/c1-2-27-21(24)18-12-14-19(15-13-18)22-16-8-3-4-9-17-28(25,26)23-20-10-6-5-7-11-20/h5-7,10-15,22-23H,2-4,8-9,16-17H2,1H3. The summed E-state index contributed by atoms with van der Waals surface area (Å²) in [5, 5.41) is 3.30. The van der Waals surface area contributed by atoms with Crippen molar-refractivity contribution in [1.82, 2.24) is 0 Å². The van der Waals surface area contributed by atoms with Crippen LogP contribution >= 0.6 is 0 Å². The van der Waals surface area contributed by atoms with Crippen molar-refractivity contribution in [3.05, 3.63) is 60.2 Å². The van der Waals surface area contributed by atoms with E-state index >= 15 is 0 Å². The van der Waals surface area contributed by atoms with Gasteiger partial charge in [0, 0.05) is 17.9 Å². The van der Waals surface area contributed by atoms with Crippen LogP contribution in [0.15, 0.2) is 54.6 Å². The topological polar surface area (TPSA) is 84.5 Å². The fourth-order valence-corrected chi connectivity index (χ4v) is 3.86. The zero-order chi connectivity index (χ0) is 20.2. The Balaban J connectivity index is 1.58. The van der Waals surface area contributed by atoms with Gasteiger partial charge in [-0.05, 0) is 56.2 Å². The minimum atomic E-state index is -3.29. The van der Waals surface area contributed by atoms with Crippen molar-refractivity contribution in [2.24, 2.45) is 0 Å². The van der Waals surface area contributed by atoms with Crippen LogP contribution in [0.25, 0.3) is 0 Å². The van der Waals surface area contributed by atoms with Crippen LogP contribution in [0.1, 0.15) is 43.0 Å². The number of carbonyl (C=O) groups excluding carboxylic acids is 1. The number of hydrogen-bond donors (Lipinski definition) is 2. The minimum Gasteiger partial charge on any atom is -0.462 e. The van der Waals surface area contributed by atoms with E-state index in [9.17, 15) is 13.2 Å². The SMILES string of the molecule is CCOC(=O)c1ccc(NCCCCCCS(=O)(=O)Nc2ccccc2)cc1. The Morgan fingerprint density at radius 3 is 2.25 bits per heavy atom. The van der Waals surface area contributed by atoms with E-state index < -0.39 is 10.0 Å². The first-order chi connectivity index (χ1) is 13.5. The Bertz CT molecular complexity index is 821. The van der Waals surface area contributed by atoms with Crippen LogP contribution in [0.5, 0.6) is 0 Å². The molecule has 0 fully saturated rings. The van der Waals surface area contributed by atoms with Crippen molar-refractivity contribution in [3.63, 3.8) is 0 Å². The quantitative estimate of drug-likeness (QED) is 0.407. The first-order valence-corrected chi connectivity index (χ1v) is 11.2. The smallest absolute Gasteiger partial charge is 0.338 e. The molecule has 0 spiro atoms. The van der Waals surface area contributed by atoms with E-state index in [2.05, 4.69) is 10.0 Å². The zero-order valence-corrected chi connectivity index (χ0v) is 17.0. The highest BCUT2D eigenvalue weighted by Gasteiger charge is 2.09. The van der Waals surface area contributed by atoms with E-state index in [1.165, 1.54) is 0 Å². The molecule has 2 aromatic rings. The van der Waals surface area contributed by atoms with Gasteiger partial charge in [-0.3, -0.25) is 4.72 Å².